The first kappa shape index (κ1) is 16.3. The van der Waals surface area contributed by atoms with Crippen molar-refractivity contribution in [1.29, 1.82) is 0 Å². The molecular weight excluding hydrogens is 336 g/mol. The van der Waals surface area contributed by atoms with Gasteiger partial charge in [0, 0.05) is 18.3 Å². The van der Waals surface area contributed by atoms with E-state index in [1.165, 1.54) is 0 Å². The minimum atomic E-state index is -3.15. The van der Waals surface area contributed by atoms with Crippen LogP contribution in [0.1, 0.15) is 5.56 Å². The molecule has 0 radical (unpaired) electrons. The van der Waals surface area contributed by atoms with E-state index in [-0.39, 0.29) is 36.0 Å². The normalized spacial score (nSPS) is 25.8. The number of carbonyl (C=O) groups excluding carboxylic acids is 1. The van der Waals surface area contributed by atoms with Gasteiger partial charge in [-0.3, -0.25) is 9.69 Å². The highest BCUT2D eigenvalue weighted by molar-refractivity contribution is 7.91. The van der Waals surface area contributed by atoms with Gasteiger partial charge in [-0.25, -0.2) is 8.42 Å². The molecule has 2 aliphatic heterocycles. The number of rotatable bonds is 3. The first-order valence-electron chi connectivity index (χ1n) is 8.39. The number of hydrogen-bond donors (Lipinski definition) is 0. The Morgan fingerprint density at radius 1 is 0.880 bits per heavy atom. The van der Waals surface area contributed by atoms with Crippen LogP contribution in [-0.2, 0) is 21.2 Å². The van der Waals surface area contributed by atoms with Crippen LogP contribution in [0.5, 0.6) is 0 Å². The molecule has 4 rings (SSSR count). The molecule has 0 unspecified atom stereocenters. The molecule has 5 nitrogen and oxygen atoms in total. The monoisotopic (exact) mass is 356 g/mol. The number of fused-ring (bicyclic) bond motifs is 1. The highest BCUT2D eigenvalue weighted by atomic mass is 32.2. The molecule has 0 aliphatic carbocycles. The second-order valence-electron chi connectivity index (χ2n) is 6.70. The Balaban J connectivity index is 1.67. The van der Waals surface area contributed by atoms with Crippen LogP contribution in [0.15, 0.2) is 60.7 Å². The van der Waals surface area contributed by atoms with Gasteiger partial charge in [-0.15, -0.1) is 0 Å². The fourth-order valence-corrected chi connectivity index (χ4v) is 5.85. The largest absolute Gasteiger partial charge is 0.306 e. The number of para-hydroxylation sites is 1. The Morgan fingerprint density at radius 2 is 1.48 bits per heavy atom. The second kappa shape index (κ2) is 6.28. The number of piperazine rings is 1. The van der Waals surface area contributed by atoms with Crippen LogP contribution in [0.2, 0.25) is 0 Å². The van der Waals surface area contributed by atoms with E-state index in [2.05, 4.69) is 0 Å². The third-order valence-electron chi connectivity index (χ3n) is 4.96. The molecule has 2 saturated heterocycles. The lowest BCUT2D eigenvalue weighted by molar-refractivity contribution is -0.123. The van der Waals surface area contributed by atoms with Crippen molar-refractivity contribution in [3.8, 4) is 0 Å². The lowest BCUT2D eigenvalue weighted by Gasteiger charge is -2.43. The number of benzene rings is 2. The summed E-state index contributed by atoms with van der Waals surface area (Å²) < 4.78 is 24.6. The summed E-state index contributed by atoms with van der Waals surface area (Å²) in [5.74, 6) is 0.102. The molecule has 25 heavy (non-hydrogen) atoms. The lowest BCUT2D eigenvalue weighted by Crippen LogP contribution is -2.61. The Kier molecular flexibility index (Phi) is 4.09. The highest BCUT2D eigenvalue weighted by Crippen LogP contribution is 2.32. The molecule has 0 spiro atoms. The van der Waals surface area contributed by atoms with E-state index in [1.807, 2.05) is 65.6 Å². The van der Waals surface area contributed by atoms with Crippen LogP contribution in [0.3, 0.4) is 0 Å². The second-order valence-corrected chi connectivity index (χ2v) is 8.86. The summed E-state index contributed by atoms with van der Waals surface area (Å²) in [6.07, 6.45) is 0. The summed E-state index contributed by atoms with van der Waals surface area (Å²) in [6.45, 7) is 0.826. The van der Waals surface area contributed by atoms with Crippen molar-refractivity contribution < 1.29 is 13.2 Å². The van der Waals surface area contributed by atoms with E-state index in [4.69, 9.17) is 0 Å². The van der Waals surface area contributed by atoms with Gasteiger partial charge in [0.1, 0.15) is 0 Å². The van der Waals surface area contributed by atoms with Crippen molar-refractivity contribution in [1.82, 2.24) is 4.90 Å². The fourth-order valence-electron chi connectivity index (χ4n) is 3.87. The molecular formula is C19H20N2O3S. The van der Waals surface area contributed by atoms with Gasteiger partial charge in [-0.2, -0.15) is 0 Å². The predicted molar refractivity (Wildman–Crippen MR) is 97.0 cm³/mol. The van der Waals surface area contributed by atoms with Gasteiger partial charge in [-0.1, -0.05) is 48.5 Å². The standard InChI is InChI=1S/C19H20N2O3S/c22-19-12-20(11-15-7-3-1-4-8-15)17-13-25(23,24)14-18(17)21(19)16-9-5-2-6-10-16/h1-10,17-18H,11-14H2/t17-,18-/m0/s1. The number of amides is 1. The molecule has 2 atom stereocenters. The first-order valence-corrected chi connectivity index (χ1v) is 10.2. The summed E-state index contributed by atoms with van der Waals surface area (Å²) in [5, 5.41) is 0. The van der Waals surface area contributed by atoms with E-state index in [0.717, 1.165) is 11.3 Å². The van der Waals surface area contributed by atoms with E-state index >= 15 is 0 Å². The lowest BCUT2D eigenvalue weighted by atomic mass is 10.0. The zero-order valence-corrected chi connectivity index (χ0v) is 14.6. The third-order valence-corrected chi connectivity index (χ3v) is 6.66. The maximum Gasteiger partial charge on any atom is 0.241 e. The smallest absolute Gasteiger partial charge is 0.241 e. The van der Waals surface area contributed by atoms with Crippen molar-refractivity contribution in [3.63, 3.8) is 0 Å². The average molecular weight is 356 g/mol. The van der Waals surface area contributed by atoms with Crippen LogP contribution < -0.4 is 4.90 Å². The van der Waals surface area contributed by atoms with Crippen LogP contribution in [0.4, 0.5) is 5.69 Å². The molecule has 0 bridgehead atoms. The molecule has 2 fully saturated rings. The fraction of sp³-hybridized carbons (Fsp3) is 0.316. The van der Waals surface area contributed by atoms with Gasteiger partial charge in [0.15, 0.2) is 9.84 Å². The molecule has 2 heterocycles. The number of hydrogen-bond acceptors (Lipinski definition) is 4. The number of sulfone groups is 1. The summed E-state index contributed by atoms with van der Waals surface area (Å²) in [7, 11) is -3.15. The summed E-state index contributed by atoms with van der Waals surface area (Å²) in [6, 6.07) is 18.8. The van der Waals surface area contributed by atoms with Crippen molar-refractivity contribution in [2.24, 2.45) is 0 Å². The molecule has 2 aromatic carbocycles. The van der Waals surface area contributed by atoms with E-state index in [1.54, 1.807) is 4.90 Å². The van der Waals surface area contributed by atoms with Crippen molar-refractivity contribution in [3.05, 3.63) is 66.2 Å². The highest BCUT2D eigenvalue weighted by Gasteiger charge is 2.49. The average Bonchev–Trinajstić information content (AvgIpc) is 2.92. The summed E-state index contributed by atoms with van der Waals surface area (Å²) >= 11 is 0. The topological polar surface area (TPSA) is 57.7 Å². The Bertz CT molecular complexity index is 868. The Hall–Kier alpha value is -2.18. The Labute approximate surface area is 147 Å². The molecule has 0 aromatic heterocycles. The molecule has 0 N–H and O–H groups in total. The minimum absolute atomic E-state index is 0.0313. The van der Waals surface area contributed by atoms with Crippen LogP contribution >= 0.6 is 0 Å². The van der Waals surface area contributed by atoms with Gasteiger partial charge < -0.3 is 4.90 Å². The zero-order chi connectivity index (χ0) is 17.4. The van der Waals surface area contributed by atoms with Gasteiger partial charge >= 0.3 is 0 Å². The maximum atomic E-state index is 12.8. The molecule has 2 aliphatic rings. The number of anilines is 1. The molecule has 130 valence electrons. The molecule has 1 amide bonds. The third kappa shape index (κ3) is 3.19. The van der Waals surface area contributed by atoms with E-state index in [9.17, 15) is 13.2 Å². The number of carbonyl (C=O) groups is 1. The number of nitrogens with zero attached hydrogens (tertiary/aromatic N) is 2. The zero-order valence-electron chi connectivity index (χ0n) is 13.8. The summed E-state index contributed by atoms with van der Waals surface area (Å²) in [5.41, 5.74) is 1.87. The van der Waals surface area contributed by atoms with Crippen LogP contribution in [0.25, 0.3) is 0 Å². The first-order chi connectivity index (χ1) is 12.0. The molecule has 6 heteroatoms. The predicted octanol–water partition coefficient (Wildman–Crippen LogP) is 1.70. The van der Waals surface area contributed by atoms with Crippen LogP contribution in [0, 0.1) is 0 Å². The van der Waals surface area contributed by atoms with Gasteiger partial charge in [-0.05, 0) is 17.7 Å². The molecule has 0 saturated carbocycles. The SMILES string of the molecule is O=C1CN(Cc2ccccc2)[C@H]2CS(=O)(=O)C[C@@H]2N1c1ccccc1. The maximum absolute atomic E-state index is 12.8. The van der Waals surface area contributed by atoms with Crippen LogP contribution in [-0.4, -0.2) is 49.4 Å². The van der Waals surface area contributed by atoms with Crippen molar-refractivity contribution in [2.45, 2.75) is 18.6 Å². The van der Waals surface area contributed by atoms with Gasteiger partial charge in [0.25, 0.3) is 0 Å². The van der Waals surface area contributed by atoms with Crippen molar-refractivity contribution in [2.75, 3.05) is 23.0 Å². The van der Waals surface area contributed by atoms with Gasteiger partial charge in [0.05, 0.1) is 24.1 Å². The Morgan fingerprint density at radius 3 is 2.16 bits per heavy atom. The van der Waals surface area contributed by atoms with E-state index < -0.39 is 9.84 Å². The van der Waals surface area contributed by atoms with E-state index in [0.29, 0.717) is 6.54 Å². The molecule has 2 aromatic rings. The van der Waals surface area contributed by atoms with Gasteiger partial charge in [0.2, 0.25) is 5.91 Å². The van der Waals surface area contributed by atoms with Crippen molar-refractivity contribution >= 4 is 21.4 Å². The summed E-state index contributed by atoms with van der Waals surface area (Å²) in [4.78, 5) is 16.5. The quantitative estimate of drug-likeness (QED) is 0.840. The minimum Gasteiger partial charge on any atom is -0.306 e.